The zero-order valence-electron chi connectivity index (χ0n) is 18.2. The van der Waals surface area contributed by atoms with Crippen molar-refractivity contribution in [2.24, 2.45) is 0 Å². The summed E-state index contributed by atoms with van der Waals surface area (Å²) in [7, 11) is 3.19. The Morgan fingerprint density at radius 1 is 0.871 bits per heavy atom. The zero-order valence-corrected chi connectivity index (χ0v) is 18.2. The molecule has 0 aromatic heterocycles. The van der Waals surface area contributed by atoms with E-state index >= 15 is 0 Å². The number of carbonyl (C=O) groups is 1. The van der Waals surface area contributed by atoms with Crippen LogP contribution in [0.5, 0.6) is 11.5 Å². The number of fused-ring (bicyclic) bond motifs is 1. The highest BCUT2D eigenvalue weighted by Crippen LogP contribution is 2.29. The maximum absolute atomic E-state index is 12.5. The monoisotopic (exact) mass is 421 g/mol. The van der Waals surface area contributed by atoms with Gasteiger partial charge in [0.25, 0.3) is 5.91 Å². The van der Waals surface area contributed by atoms with E-state index in [-0.39, 0.29) is 5.91 Å². The van der Waals surface area contributed by atoms with Gasteiger partial charge in [0.1, 0.15) is 32.7 Å². The van der Waals surface area contributed by atoms with E-state index in [0.717, 1.165) is 38.4 Å². The number of anilines is 1. The van der Waals surface area contributed by atoms with E-state index in [1.165, 1.54) is 21.2 Å². The Hall–Kier alpha value is -3.09. The molecule has 1 fully saturated rings. The second kappa shape index (κ2) is 9.81. The van der Waals surface area contributed by atoms with Crippen LogP contribution in [0.1, 0.15) is 5.56 Å². The van der Waals surface area contributed by atoms with Crippen molar-refractivity contribution in [2.75, 3.05) is 52.3 Å². The minimum atomic E-state index is 0.0275. The van der Waals surface area contributed by atoms with Crippen molar-refractivity contribution in [1.29, 1.82) is 0 Å². The normalized spacial score (nSPS) is 18.5. The van der Waals surface area contributed by atoms with Crippen molar-refractivity contribution in [2.45, 2.75) is 6.54 Å². The molecule has 0 aliphatic carbocycles. The molecule has 1 aliphatic rings. The Balaban J connectivity index is 1.28. The maximum Gasteiger partial charge on any atom is 0.279 e. The molecule has 3 aromatic rings. The van der Waals surface area contributed by atoms with Gasteiger partial charge in [-0.25, -0.2) is 0 Å². The summed E-state index contributed by atoms with van der Waals surface area (Å²) in [6, 6.07) is 20.6. The lowest BCUT2D eigenvalue weighted by molar-refractivity contribution is -1.01. The molecule has 162 valence electrons. The van der Waals surface area contributed by atoms with Gasteiger partial charge >= 0.3 is 0 Å². The molecule has 0 atom stereocenters. The third kappa shape index (κ3) is 5.16. The van der Waals surface area contributed by atoms with E-state index in [9.17, 15) is 4.79 Å². The van der Waals surface area contributed by atoms with Gasteiger partial charge in [-0.1, -0.05) is 42.5 Å². The van der Waals surface area contributed by atoms with Crippen molar-refractivity contribution in [3.8, 4) is 11.5 Å². The molecule has 1 amide bonds. The summed E-state index contributed by atoms with van der Waals surface area (Å²) in [5, 5.41) is 5.63. The molecule has 4 rings (SSSR count). The minimum absolute atomic E-state index is 0.0275. The van der Waals surface area contributed by atoms with Crippen LogP contribution in [0.4, 0.5) is 5.69 Å². The molecule has 0 radical (unpaired) electrons. The molecule has 1 aliphatic heterocycles. The molecule has 6 nitrogen and oxygen atoms in total. The van der Waals surface area contributed by atoms with Crippen LogP contribution in [0.3, 0.4) is 0 Å². The average Bonchev–Trinajstić information content (AvgIpc) is 2.80. The van der Waals surface area contributed by atoms with Crippen LogP contribution in [0.15, 0.2) is 60.7 Å². The number of hydrogen-bond donors (Lipinski definition) is 3. The first-order valence-electron chi connectivity index (χ1n) is 10.8. The fraction of sp³-hybridized carbons (Fsp3) is 0.320. The molecule has 31 heavy (non-hydrogen) atoms. The second-order valence-electron chi connectivity index (χ2n) is 8.11. The van der Waals surface area contributed by atoms with E-state index in [1.807, 2.05) is 6.07 Å². The lowest BCUT2D eigenvalue weighted by Gasteiger charge is -2.29. The summed E-state index contributed by atoms with van der Waals surface area (Å²) in [6.45, 7) is 5.66. The van der Waals surface area contributed by atoms with Crippen LogP contribution in [-0.4, -0.2) is 52.9 Å². The summed E-state index contributed by atoms with van der Waals surface area (Å²) < 4.78 is 10.6. The number of benzene rings is 3. The predicted molar refractivity (Wildman–Crippen MR) is 122 cm³/mol. The van der Waals surface area contributed by atoms with E-state index in [4.69, 9.17) is 9.47 Å². The molecule has 3 aromatic carbocycles. The molecule has 6 heteroatoms. The predicted octanol–water partition coefficient (Wildman–Crippen LogP) is 0.779. The summed E-state index contributed by atoms with van der Waals surface area (Å²) in [5.41, 5.74) is 2.13. The van der Waals surface area contributed by atoms with Gasteiger partial charge in [-0.05, 0) is 22.9 Å². The molecule has 0 unspecified atom stereocenters. The van der Waals surface area contributed by atoms with E-state index in [2.05, 4.69) is 47.8 Å². The highest BCUT2D eigenvalue weighted by Gasteiger charge is 2.25. The van der Waals surface area contributed by atoms with Crippen molar-refractivity contribution in [1.82, 2.24) is 0 Å². The van der Waals surface area contributed by atoms with Crippen LogP contribution < -0.4 is 24.6 Å². The topological polar surface area (TPSA) is 56.4 Å². The largest absolute Gasteiger partial charge is 0.493 e. The van der Waals surface area contributed by atoms with Crippen molar-refractivity contribution in [3.63, 3.8) is 0 Å². The van der Waals surface area contributed by atoms with Crippen LogP contribution in [0.2, 0.25) is 0 Å². The molecular formula is C25H31N3O3+2. The Morgan fingerprint density at radius 3 is 2.35 bits per heavy atom. The van der Waals surface area contributed by atoms with Gasteiger partial charge in [0, 0.05) is 17.3 Å². The number of carbonyl (C=O) groups excluding carboxylic acids is 1. The van der Waals surface area contributed by atoms with Crippen molar-refractivity contribution < 1.29 is 24.1 Å². The quantitative estimate of drug-likeness (QED) is 0.529. The fourth-order valence-electron chi connectivity index (χ4n) is 4.37. The third-order valence-corrected chi connectivity index (χ3v) is 6.06. The first-order valence-corrected chi connectivity index (χ1v) is 10.8. The van der Waals surface area contributed by atoms with Gasteiger partial charge in [-0.3, -0.25) is 4.79 Å². The summed E-state index contributed by atoms with van der Waals surface area (Å²) in [6.07, 6.45) is 0. The number of quaternary nitrogens is 2. The van der Waals surface area contributed by atoms with Gasteiger partial charge in [0.15, 0.2) is 18.0 Å². The Kier molecular flexibility index (Phi) is 6.70. The maximum atomic E-state index is 12.5. The molecule has 0 bridgehead atoms. The summed E-state index contributed by atoms with van der Waals surface area (Å²) >= 11 is 0. The molecule has 3 N–H and O–H groups in total. The number of nitrogens with one attached hydrogen (secondary N) is 3. The lowest BCUT2D eigenvalue weighted by atomic mass is 10.0. The van der Waals surface area contributed by atoms with Gasteiger partial charge in [0.05, 0.1) is 14.2 Å². The molecule has 1 heterocycles. The summed E-state index contributed by atoms with van der Waals surface area (Å²) in [5.74, 6) is 1.29. The molecule has 1 saturated heterocycles. The second-order valence-corrected chi connectivity index (χ2v) is 8.11. The number of methoxy groups -OCH3 is 2. The molecule has 0 saturated carbocycles. The Morgan fingerprint density at radius 2 is 1.58 bits per heavy atom. The first kappa shape index (κ1) is 21.2. The summed E-state index contributed by atoms with van der Waals surface area (Å²) in [4.78, 5) is 15.5. The number of piperazine rings is 1. The SMILES string of the molecule is COc1ccc(NC(=O)C[NH+]2CC[NH+](Cc3cccc4ccccc34)CC2)cc1OC. The highest BCUT2D eigenvalue weighted by atomic mass is 16.5. The van der Waals surface area contributed by atoms with E-state index in [1.54, 1.807) is 31.3 Å². The standard InChI is InChI=1S/C25H29N3O3/c1-30-23-11-10-21(16-24(23)31-2)26-25(29)18-28-14-12-27(13-15-28)17-20-8-5-7-19-6-3-4-9-22(19)20/h3-11,16H,12-15,17-18H2,1-2H3,(H,26,29)/p+2. The highest BCUT2D eigenvalue weighted by molar-refractivity contribution is 5.91. The number of ether oxygens (including phenoxy) is 2. The average molecular weight is 422 g/mol. The van der Waals surface area contributed by atoms with Crippen LogP contribution in [0.25, 0.3) is 10.8 Å². The molecular weight excluding hydrogens is 390 g/mol. The van der Waals surface area contributed by atoms with Gasteiger partial charge in [-0.2, -0.15) is 0 Å². The van der Waals surface area contributed by atoms with Gasteiger partial charge in [0.2, 0.25) is 0 Å². The number of hydrogen-bond acceptors (Lipinski definition) is 3. The third-order valence-electron chi connectivity index (χ3n) is 6.06. The van der Waals surface area contributed by atoms with Gasteiger partial charge in [-0.15, -0.1) is 0 Å². The Labute approximate surface area is 183 Å². The van der Waals surface area contributed by atoms with E-state index < -0.39 is 0 Å². The van der Waals surface area contributed by atoms with Gasteiger partial charge < -0.3 is 24.6 Å². The molecule has 0 spiro atoms. The van der Waals surface area contributed by atoms with Crippen LogP contribution >= 0.6 is 0 Å². The fourth-order valence-corrected chi connectivity index (χ4v) is 4.37. The first-order chi connectivity index (χ1) is 15.2. The van der Waals surface area contributed by atoms with E-state index in [0.29, 0.717) is 18.0 Å². The smallest absolute Gasteiger partial charge is 0.279 e. The number of amides is 1. The number of rotatable bonds is 7. The minimum Gasteiger partial charge on any atom is -0.493 e. The Bertz CT molecular complexity index is 1040. The van der Waals surface area contributed by atoms with Crippen LogP contribution in [0, 0.1) is 0 Å². The lowest BCUT2D eigenvalue weighted by Crippen LogP contribution is -3.28. The van der Waals surface area contributed by atoms with Crippen molar-refractivity contribution in [3.05, 3.63) is 66.2 Å². The van der Waals surface area contributed by atoms with Crippen molar-refractivity contribution >= 4 is 22.4 Å². The zero-order chi connectivity index (χ0) is 21.6. The van der Waals surface area contributed by atoms with Crippen LogP contribution in [-0.2, 0) is 11.3 Å².